The zero-order valence-corrected chi connectivity index (χ0v) is 14.6. The van der Waals surface area contributed by atoms with Crippen LogP contribution >= 0.6 is 0 Å². The first-order chi connectivity index (χ1) is 12.2. The van der Waals surface area contributed by atoms with Gasteiger partial charge in [-0.3, -0.25) is 9.80 Å². The summed E-state index contributed by atoms with van der Waals surface area (Å²) in [4.78, 5) is 9.39. The van der Waals surface area contributed by atoms with E-state index in [2.05, 4.69) is 32.9 Å². The molecule has 4 rings (SSSR count). The van der Waals surface area contributed by atoms with Gasteiger partial charge in [0.25, 0.3) is 0 Å². The predicted molar refractivity (Wildman–Crippen MR) is 92.7 cm³/mol. The number of nitrogens with zero attached hydrogens (tertiary/aromatic N) is 5. The lowest BCUT2D eigenvalue weighted by Crippen LogP contribution is -2.46. The van der Waals surface area contributed by atoms with Crippen LogP contribution in [0.4, 0.5) is 0 Å². The highest BCUT2D eigenvalue weighted by Crippen LogP contribution is 2.38. The normalized spacial score (nSPS) is 20.3. The first-order valence-electron chi connectivity index (χ1n) is 9.02. The van der Waals surface area contributed by atoms with Crippen LogP contribution in [0.5, 0.6) is 0 Å². The monoisotopic (exact) mass is 337 g/mol. The minimum absolute atomic E-state index is 0.161. The van der Waals surface area contributed by atoms with Crippen molar-refractivity contribution in [3.05, 3.63) is 47.1 Å². The number of benzene rings is 1. The van der Waals surface area contributed by atoms with Gasteiger partial charge < -0.3 is 4.52 Å². The molecule has 6 heteroatoms. The van der Waals surface area contributed by atoms with Crippen molar-refractivity contribution in [3.63, 3.8) is 0 Å². The van der Waals surface area contributed by atoms with Crippen molar-refractivity contribution in [1.29, 1.82) is 5.26 Å². The van der Waals surface area contributed by atoms with Crippen molar-refractivity contribution in [1.82, 2.24) is 19.9 Å². The zero-order chi connectivity index (χ0) is 17.2. The lowest BCUT2D eigenvalue weighted by atomic mass is 10.1. The van der Waals surface area contributed by atoms with Crippen molar-refractivity contribution < 1.29 is 4.52 Å². The van der Waals surface area contributed by atoms with Gasteiger partial charge in [0.15, 0.2) is 5.82 Å². The van der Waals surface area contributed by atoms with E-state index in [1.54, 1.807) is 0 Å². The average molecular weight is 337 g/mol. The van der Waals surface area contributed by atoms with Gasteiger partial charge in [-0.15, -0.1) is 0 Å². The number of piperazine rings is 1. The molecule has 130 valence electrons. The highest BCUT2D eigenvalue weighted by atomic mass is 16.5. The fraction of sp³-hybridized carbons (Fsp3) is 0.526. The molecule has 0 spiro atoms. The van der Waals surface area contributed by atoms with Crippen LogP contribution in [0.1, 0.15) is 54.6 Å². The van der Waals surface area contributed by atoms with Crippen LogP contribution in [0.2, 0.25) is 0 Å². The Morgan fingerprint density at radius 2 is 2.00 bits per heavy atom. The number of hydrogen-bond acceptors (Lipinski definition) is 6. The average Bonchev–Trinajstić information content (AvgIpc) is 3.39. The Hall–Kier alpha value is -2.23. The Labute approximate surface area is 148 Å². The third-order valence-corrected chi connectivity index (χ3v) is 5.24. The van der Waals surface area contributed by atoms with Crippen molar-refractivity contribution in [2.75, 3.05) is 26.2 Å². The van der Waals surface area contributed by atoms with E-state index in [-0.39, 0.29) is 6.04 Å². The molecule has 2 fully saturated rings. The molecule has 25 heavy (non-hydrogen) atoms. The van der Waals surface area contributed by atoms with E-state index in [4.69, 9.17) is 4.52 Å². The van der Waals surface area contributed by atoms with Gasteiger partial charge in [0.1, 0.15) is 0 Å². The smallest absolute Gasteiger partial charge is 0.243 e. The van der Waals surface area contributed by atoms with Crippen LogP contribution in [0.25, 0.3) is 0 Å². The summed E-state index contributed by atoms with van der Waals surface area (Å²) in [6.45, 7) is 6.87. The summed E-state index contributed by atoms with van der Waals surface area (Å²) in [6.07, 6.45) is 2.38. The number of rotatable bonds is 5. The molecule has 0 N–H and O–H groups in total. The Bertz CT molecular complexity index is 768. The van der Waals surface area contributed by atoms with Crippen molar-refractivity contribution in [2.24, 2.45) is 0 Å². The molecule has 1 aliphatic carbocycles. The molecule has 0 unspecified atom stereocenters. The molecule has 1 atom stereocenters. The molecule has 0 bridgehead atoms. The van der Waals surface area contributed by atoms with Gasteiger partial charge >= 0.3 is 0 Å². The van der Waals surface area contributed by atoms with Crippen LogP contribution in [0, 0.1) is 11.3 Å². The summed E-state index contributed by atoms with van der Waals surface area (Å²) in [5, 5.41) is 13.4. The van der Waals surface area contributed by atoms with E-state index >= 15 is 0 Å². The van der Waals surface area contributed by atoms with Gasteiger partial charge in [-0.2, -0.15) is 10.2 Å². The second-order valence-corrected chi connectivity index (χ2v) is 7.02. The second kappa shape index (κ2) is 6.95. The maximum absolute atomic E-state index is 9.23. The molecule has 2 aromatic rings. The van der Waals surface area contributed by atoms with E-state index in [0.717, 1.165) is 55.6 Å². The van der Waals surface area contributed by atoms with Crippen LogP contribution in [-0.2, 0) is 6.54 Å². The lowest BCUT2D eigenvalue weighted by molar-refractivity contribution is 0.0845. The van der Waals surface area contributed by atoms with Gasteiger partial charge in [-0.05, 0) is 31.4 Å². The Kier molecular flexibility index (Phi) is 4.51. The third kappa shape index (κ3) is 3.58. The minimum atomic E-state index is 0.161. The molecule has 0 amide bonds. The highest BCUT2D eigenvalue weighted by Gasteiger charge is 2.31. The first kappa shape index (κ1) is 16.2. The molecule has 1 saturated carbocycles. The summed E-state index contributed by atoms with van der Waals surface area (Å²) in [5.74, 6) is 2.15. The van der Waals surface area contributed by atoms with Crippen molar-refractivity contribution >= 4 is 0 Å². The second-order valence-electron chi connectivity index (χ2n) is 7.02. The molecule has 0 radical (unpaired) electrons. The van der Waals surface area contributed by atoms with Crippen LogP contribution in [-0.4, -0.2) is 46.1 Å². The molecular weight excluding hydrogens is 314 g/mol. The van der Waals surface area contributed by atoms with Gasteiger partial charge in [0.05, 0.1) is 17.7 Å². The molecule has 1 aliphatic heterocycles. The SMILES string of the molecule is C[C@H](c1nc(C2CC2)no1)N1CCN(Cc2ccccc2C#N)CC1. The molecule has 2 heterocycles. The first-order valence-corrected chi connectivity index (χ1v) is 9.02. The van der Waals surface area contributed by atoms with Crippen LogP contribution in [0.3, 0.4) is 0 Å². The van der Waals surface area contributed by atoms with Crippen LogP contribution in [0.15, 0.2) is 28.8 Å². The lowest BCUT2D eigenvalue weighted by Gasteiger charge is -2.36. The maximum Gasteiger partial charge on any atom is 0.243 e. The quantitative estimate of drug-likeness (QED) is 0.835. The number of hydrogen-bond donors (Lipinski definition) is 0. The topological polar surface area (TPSA) is 69.2 Å². The zero-order valence-electron chi connectivity index (χ0n) is 14.6. The number of nitriles is 1. The van der Waals surface area contributed by atoms with Crippen LogP contribution < -0.4 is 0 Å². The standard InChI is InChI=1S/C19H23N5O/c1-14(19-21-18(22-25-19)15-6-7-15)24-10-8-23(9-11-24)13-17-5-3-2-4-16(17)12-20/h2-5,14-15H,6-11,13H2,1H3/t14-/m1/s1. The summed E-state index contributed by atoms with van der Waals surface area (Å²) >= 11 is 0. The molecule has 1 aromatic heterocycles. The van der Waals surface area contributed by atoms with Crippen molar-refractivity contribution in [2.45, 2.75) is 38.3 Å². The largest absolute Gasteiger partial charge is 0.338 e. The fourth-order valence-electron chi connectivity index (χ4n) is 3.40. The summed E-state index contributed by atoms with van der Waals surface area (Å²) in [5.41, 5.74) is 1.88. The van der Waals surface area contributed by atoms with Gasteiger partial charge in [0.2, 0.25) is 5.89 Å². The van der Waals surface area contributed by atoms with Crippen molar-refractivity contribution in [3.8, 4) is 6.07 Å². The van der Waals surface area contributed by atoms with E-state index in [0.29, 0.717) is 5.92 Å². The molecule has 1 aromatic carbocycles. The van der Waals surface area contributed by atoms with Gasteiger partial charge in [0, 0.05) is 38.6 Å². The minimum Gasteiger partial charge on any atom is -0.338 e. The summed E-state index contributed by atoms with van der Waals surface area (Å²) < 4.78 is 5.48. The predicted octanol–water partition coefficient (Wildman–Crippen LogP) is 2.70. The molecule has 6 nitrogen and oxygen atoms in total. The van der Waals surface area contributed by atoms with Gasteiger partial charge in [-0.25, -0.2) is 0 Å². The fourth-order valence-corrected chi connectivity index (χ4v) is 3.40. The van der Waals surface area contributed by atoms with E-state index in [9.17, 15) is 5.26 Å². The number of aromatic nitrogens is 2. The Morgan fingerprint density at radius 1 is 1.24 bits per heavy atom. The summed E-state index contributed by atoms with van der Waals surface area (Å²) in [6, 6.07) is 10.3. The molecule has 2 aliphatic rings. The van der Waals surface area contributed by atoms with E-state index in [1.165, 1.54) is 12.8 Å². The third-order valence-electron chi connectivity index (χ3n) is 5.24. The summed E-state index contributed by atoms with van der Waals surface area (Å²) in [7, 11) is 0. The Morgan fingerprint density at radius 3 is 2.72 bits per heavy atom. The van der Waals surface area contributed by atoms with Gasteiger partial charge in [-0.1, -0.05) is 23.4 Å². The molecule has 1 saturated heterocycles. The van der Waals surface area contributed by atoms with E-state index in [1.807, 2.05) is 24.3 Å². The molecular formula is C19H23N5O. The Balaban J connectivity index is 1.33. The highest BCUT2D eigenvalue weighted by molar-refractivity contribution is 5.37. The van der Waals surface area contributed by atoms with E-state index < -0.39 is 0 Å². The maximum atomic E-state index is 9.23.